The van der Waals surface area contributed by atoms with Gasteiger partial charge in [-0.05, 0) is 50.1 Å². The van der Waals surface area contributed by atoms with Crippen LogP contribution in [-0.4, -0.2) is 39.5 Å². The third-order valence-corrected chi connectivity index (χ3v) is 5.71. The fraction of sp³-hybridized carbons (Fsp3) is 0.476. The van der Waals surface area contributed by atoms with Crippen LogP contribution in [0.25, 0.3) is 0 Å². The largest absolute Gasteiger partial charge is 0.493 e. The second-order valence-corrected chi connectivity index (χ2v) is 8.60. The van der Waals surface area contributed by atoms with Crippen LogP contribution in [0.5, 0.6) is 11.5 Å². The molecule has 2 aromatic rings. The SMILES string of the molecule is CCSc1nc2n(n1)C(c1ccc(OC(C)C)c(OC)c1)C1=C(CCCC1=O)N2. The van der Waals surface area contributed by atoms with Gasteiger partial charge >= 0.3 is 0 Å². The van der Waals surface area contributed by atoms with Crippen molar-refractivity contribution in [3.05, 3.63) is 35.0 Å². The first-order valence-corrected chi connectivity index (χ1v) is 11.0. The molecule has 0 spiro atoms. The molecule has 1 unspecified atom stereocenters. The summed E-state index contributed by atoms with van der Waals surface area (Å²) in [5.74, 6) is 3.06. The summed E-state index contributed by atoms with van der Waals surface area (Å²) < 4.78 is 13.3. The van der Waals surface area contributed by atoms with Gasteiger partial charge in [-0.25, -0.2) is 4.68 Å². The third kappa shape index (κ3) is 3.73. The fourth-order valence-corrected chi connectivity index (χ4v) is 4.40. The van der Waals surface area contributed by atoms with Gasteiger partial charge in [-0.2, -0.15) is 4.98 Å². The molecule has 8 heteroatoms. The molecule has 0 amide bonds. The van der Waals surface area contributed by atoms with Crippen molar-refractivity contribution in [1.82, 2.24) is 14.8 Å². The van der Waals surface area contributed by atoms with Gasteiger partial charge in [0.15, 0.2) is 17.3 Å². The molecular formula is C21H26N4O3S. The van der Waals surface area contributed by atoms with Gasteiger partial charge in [0.2, 0.25) is 11.1 Å². The van der Waals surface area contributed by atoms with E-state index in [2.05, 4.69) is 17.2 Å². The summed E-state index contributed by atoms with van der Waals surface area (Å²) in [6.45, 7) is 6.03. The van der Waals surface area contributed by atoms with Gasteiger partial charge in [0.1, 0.15) is 6.04 Å². The molecule has 29 heavy (non-hydrogen) atoms. The number of carbonyl (C=O) groups excluding carboxylic acids is 1. The van der Waals surface area contributed by atoms with E-state index in [1.54, 1.807) is 18.9 Å². The Labute approximate surface area is 174 Å². The first kappa shape index (κ1) is 19.8. The zero-order valence-corrected chi connectivity index (χ0v) is 18.0. The third-order valence-electron chi connectivity index (χ3n) is 4.99. The molecule has 1 aliphatic carbocycles. The van der Waals surface area contributed by atoms with E-state index < -0.39 is 0 Å². The summed E-state index contributed by atoms with van der Waals surface area (Å²) in [4.78, 5) is 17.5. The molecule has 7 nitrogen and oxygen atoms in total. The van der Waals surface area contributed by atoms with E-state index in [-0.39, 0.29) is 17.9 Å². The molecule has 0 saturated carbocycles. The van der Waals surface area contributed by atoms with Gasteiger partial charge in [-0.15, -0.1) is 5.10 Å². The normalized spacial score (nSPS) is 18.4. The molecule has 2 aliphatic rings. The van der Waals surface area contributed by atoms with Crippen molar-refractivity contribution in [3.63, 3.8) is 0 Å². The van der Waals surface area contributed by atoms with Crippen molar-refractivity contribution in [1.29, 1.82) is 0 Å². The van der Waals surface area contributed by atoms with Crippen LogP contribution in [0.15, 0.2) is 34.6 Å². The number of Topliss-reactive ketones (excluding diaryl/α,β-unsaturated/α-hetero) is 1. The minimum atomic E-state index is -0.324. The summed E-state index contributed by atoms with van der Waals surface area (Å²) in [5, 5.41) is 8.76. The number of ketones is 1. The Kier molecular flexibility index (Phi) is 5.54. The lowest BCUT2D eigenvalue weighted by molar-refractivity contribution is -0.116. The second kappa shape index (κ2) is 8.10. The van der Waals surface area contributed by atoms with Crippen LogP contribution in [0.2, 0.25) is 0 Å². The number of anilines is 1. The molecule has 0 fully saturated rings. The number of methoxy groups -OCH3 is 1. The Hall–Kier alpha value is -2.48. The maximum atomic E-state index is 12.9. The van der Waals surface area contributed by atoms with Gasteiger partial charge in [-0.3, -0.25) is 4.79 Å². The van der Waals surface area contributed by atoms with Crippen molar-refractivity contribution in [2.24, 2.45) is 0 Å². The first-order chi connectivity index (χ1) is 14.0. The highest BCUT2D eigenvalue weighted by Crippen LogP contribution is 2.42. The van der Waals surface area contributed by atoms with Crippen molar-refractivity contribution >= 4 is 23.5 Å². The summed E-state index contributed by atoms with van der Waals surface area (Å²) >= 11 is 1.59. The minimum Gasteiger partial charge on any atom is -0.493 e. The topological polar surface area (TPSA) is 78.3 Å². The number of ether oxygens (including phenoxy) is 2. The Balaban J connectivity index is 1.83. The number of hydrogen-bond acceptors (Lipinski definition) is 7. The van der Waals surface area contributed by atoms with Crippen molar-refractivity contribution in [2.75, 3.05) is 18.2 Å². The Bertz CT molecular complexity index is 967. The lowest BCUT2D eigenvalue weighted by Crippen LogP contribution is -2.31. The molecule has 1 N–H and O–H groups in total. The average Bonchev–Trinajstić information content (AvgIpc) is 3.09. The summed E-state index contributed by atoms with van der Waals surface area (Å²) in [6.07, 6.45) is 2.29. The molecule has 1 atom stereocenters. The van der Waals surface area contributed by atoms with Gasteiger partial charge in [-0.1, -0.05) is 24.8 Å². The summed E-state index contributed by atoms with van der Waals surface area (Å²) in [5.41, 5.74) is 2.67. The Morgan fingerprint density at radius 2 is 2.14 bits per heavy atom. The molecule has 0 radical (unpaired) electrons. The number of allylic oxidation sites excluding steroid dienone is 2. The first-order valence-electron chi connectivity index (χ1n) is 9.99. The van der Waals surface area contributed by atoms with Crippen molar-refractivity contribution < 1.29 is 14.3 Å². The van der Waals surface area contributed by atoms with Gasteiger partial charge < -0.3 is 14.8 Å². The smallest absolute Gasteiger partial charge is 0.227 e. The second-order valence-electron chi connectivity index (χ2n) is 7.37. The number of nitrogens with one attached hydrogen (secondary N) is 1. The monoisotopic (exact) mass is 414 g/mol. The van der Waals surface area contributed by atoms with Crippen LogP contribution >= 0.6 is 11.8 Å². The Morgan fingerprint density at radius 1 is 1.31 bits per heavy atom. The van der Waals surface area contributed by atoms with Crippen LogP contribution in [0.4, 0.5) is 5.95 Å². The molecular weight excluding hydrogens is 388 g/mol. The molecule has 154 valence electrons. The van der Waals surface area contributed by atoms with E-state index in [1.165, 1.54) is 0 Å². The quantitative estimate of drug-likeness (QED) is 0.710. The van der Waals surface area contributed by atoms with E-state index in [0.29, 0.717) is 29.0 Å². The van der Waals surface area contributed by atoms with Gasteiger partial charge in [0.05, 0.1) is 13.2 Å². The van der Waals surface area contributed by atoms with E-state index in [0.717, 1.165) is 35.4 Å². The molecule has 0 bridgehead atoms. The number of aromatic nitrogens is 3. The number of hydrogen-bond donors (Lipinski definition) is 1. The van der Waals surface area contributed by atoms with Gasteiger partial charge in [0.25, 0.3) is 0 Å². The van der Waals surface area contributed by atoms with Crippen LogP contribution in [0.3, 0.4) is 0 Å². The number of carbonyl (C=O) groups is 1. The average molecular weight is 415 g/mol. The Morgan fingerprint density at radius 3 is 2.86 bits per heavy atom. The van der Waals surface area contributed by atoms with E-state index in [4.69, 9.17) is 14.6 Å². The maximum absolute atomic E-state index is 12.9. The number of fused-ring (bicyclic) bond motifs is 1. The van der Waals surface area contributed by atoms with E-state index >= 15 is 0 Å². The van der Waals surface area contributed by atoms with E-state index in [1.807, 2.05) is 36.7 Å². The zero-order chi connectivity index (χ0) is 20.5. The molecule has 4 rings (SSSR count). The summed E-state index contributed by atoms with van der Waals surface area (Å²) in [7, 11) is 1.63. The zero-order valence-electron chi connectivity index (χ0n) is 17.2. The van der Waals surface area contributed by atoms with Crippen LogP contribution in [-0.2, 0) is 4.79 Å². The molecule has 1 aromatic carbocycles. The molecule has 2 heterocycles. The van der Waals surface area contributed by atoms with Crippen molar-refractivity contribution in [2.45, 2.75) is 57.3 Å². The lowest BCUT2D eigenvalue weighted by Gasteiger charge is -2.32. The molecule has 1 aromatic heterocycles. The molecule has 0 saturated heterocycles. The highest BCUT2D eigenvalue weighted by Gasteiger charge is 2.37. The fourth-order valence-electron chi connectivity index (χ4n) is 3.84. The van der Waals surface area contributed by atoms with E-state index in [9.17, 15) is 4.79 Å². The number of benzene rings is 1. The van der Waals surface area contributed by atoms with Crippen LogP contribution in [0.1, 0.15) is 51.6 Å². The van der Waals surface area contributed by atoms with Crippen LogP contribution in [0, 0.1) is 0 Å². The number of rotatable bonds is 6. The summed E-state index contributed by atoms with van der Waals surface area (Å²) in [6, 6.07) is 5.51. The number of nitrogens with zero attached hydrogens (tertiary/aromatic N) is 3. The minimum absolute atomic E-state index is 0.0402. The predicted molar refractivity (Wildman–Crippen MR) is 113 cm³/mol. The van der Waals surface area contributed by atoms with Crippen LogP contribution < -0.4 is 14.8 Å². The number of thioether (sulfide) groups is 1. The predicted octanol–water partition coefficient (Wildman–Crippen LogP) is 4.21. The molecule has 1 aliphatic heterocycles. The highest BCUT2D eigenvalue weighted by molar-refractivity contribution is 7.99. The standard InChI is InChI=1S/C21H26N4O3S/c1-5-29-21-23-20-22-14-7-6-8-15(26)18(14)19(25(20)24-21)13-9-10-16(28-12(2)3)17(11-13)27-4/h9-12,19H,5-8H2,1-4H3,(H,22,23,24). The maximum Gasteiger partial charge on any atom is 0.227 e. The highest BCUT2D eigenvalue weighted by atomic mass is 32.2. The lowest BCUT2D eigenvalue weighted by atomic mass is 9.85. The van der Waals surface area contributed by atoms with Gasteiger partial charge in [0, 0.05) is 17.7 Å². The van der Waals surface area contributed by atoms with Crippen molar-refractivity contribution in [3.8, 4) is 11.5 Å².